The largest absolute Gasteiger partial charge is 0.497 e. The second-order valence-corrected chi connectivity index (χ2v) is 5.43. The van der Waals surface area contributed by atoms with E-state index in [0.29, 0.717) is 16.7 Å². The zero-order chi connectivity index (χ0) is 16.2. The van der Waals surface area contributed by atoms with Gasteiger partial charge in [-0.05, 0) is 43.3 Å². The molecule has 4 nitrogen and oxygen atoms in total. The molecule has 1 N–H and O–H groups in total. The molecule has 2 aromatic carbocycles. The van der Waals surface area contributed by atoms with E-state index >= 15 is 0 Å². The monoisotopic (exact) mass is 325 g/mol. The van der Waals surface area contributed by atoms with E-state index < -0.39 is 0 Å². The highest BCUT2D eigenvalue weighted by Gasteiger charge is 2.07. The molecule has 1 aromatic heterocycles. The molecule has 5 heteroatoms. The minimum Gasteiger partial charge on any atom is -0.497 e. The molecular weight excluding hydrogens is 310 g/mol. The average molecular weight is 326 g/mol. The number of halogens is 1. The Labute approximate surface area is 140 Å². The van der Waals surface area contributed by atoms with Crippen LogP contribution in [-0.4, -0.2) is 17.1 Å². The number of hydrogen-bond donors (Lipinski definition) is 1. The Bertz CT molecular complexity index is 819. The molecule has 0 radical (unpaired) electrons. The number of benzene rings is 2. The van der Waals surface area contributed by atoms with Crippen molar-refractivity contribution in [3.8, 4) is 17.0 Å². The third kappa shape index (κ3) is 3.60. The van der Waals surface area contributed by atoms with Crippen LogP contribution in [-0.2, 0) is 0 Å². The van der Waals surface area contributed by atoms with Crippen molar-refractivity contribution in [3.05, 3.63) is 65.4 Å². The number of rotatable bonds is 4. The summed E-state index contributed by atoms with van der Waals surface area (Å²) in [6.45, 7) is 1.87. The van der Waals surface area contributed by atoms with Crippen molar-refractivity contribution in [1.29, 1.82) is 0 Å². The summed E-state index contributed by atoms with van der Waals surface area (Å²) in [5, 5.41) is 3.89. The van der Waals surface area contributed by atoms with Crippen LogP contribution in [0.15, 0.2) is 54.6 Å². The molecule has 0 bridgehead atoms. The summed E-state index contributed by atoms with van der Waals surface area (Å²) in [5.74, 6) is 2.21. The van der Waals surface area contributed by atoms with Gasteiger partial charge >= 0.3 is 0 Å². The molecular formula is C18H16ClN3O. The van der Waals surface area contributed by atoms with E-state index in [-0.39, 0.29) is 0 Å². The van der Waals surface area contributed by atoms with E-state index in [2.05, 4.69) is 15.3 Å². The number of methoxy groups -OCH3 is 1. The number of nitrogens with one attached hydrogen (secondary N) is 1. The van der Waals surface area contributed by atoms with Crippen LogP contribution < -0.4 is 10.1 Å². The van der Waals surface area contributed by atoms with Crippen molar-refractivity contribution < 1.29 is 4.74 Å². The highest BCUT2D eigenvalue weighted by Crippen LogP contribution is 2.27. The number of anilines is 2. The SMILES string of the molecule is COc1ccc(-c2cc(Nc3ccccc3Cl)nc(C)n2)cc1. The molecule has 0 amide bonds. The maximum atomic E-state index is 6.18. The summed E-state index contributed by atoms with van der Waals surface area (Å²) in [7, 11) is 1.65. The van der Waals surface area contributed by atoms with Crippen LogP contribution in [0.3, 0.4) is 0 Å². The van der Waals surface area contributed by atoms with Crippen LogP contribution in [0.5, 0.6) is 5.75 Å². The summed E-state index contributed by atoms with van der Waals surface area (Å²) in [6, 6.07) is 17.2. The highest BCUT2D eigenvalue weighted by molar-refractivity contribution is 6.33. The molecule has 3 aromatic rings. The van der Waals surface area contributed by atoms with Crippen LogP contribution in [0.4, 0.5) is 11.5 Å². The van der Waals surface area contributed by atoms with E-state index in [4.69, 9.17) is 16.3 Å². The van der Waals surface area contributed by atoms with Gasteiger partial charge in [0.25, 0.3) is 0 Å². The van der Waals surface area contributed by atoms with E-state index in [1.54, 1.807) is 7.11 Å². The Morgan fingerprint density at radius 1 is 1.00 bits per heavy atom. The van der Waals surface area contributed by atoms with Gasteiger partial charge in [0.05, 0.1) is 23.5 Å². The van der Waals surface area contributed by atoms with Gasteiger partial charge in [0.15, 0.2) is 0 Å². The lowest BCUT2D eigenvalue weighted by Crippen LogP contribution is -1.99. The van der Waals surface area contributed by atoms with Crippen LogP contribution in [0, 0.1) is 6.92 Å². The van der Waals surface area contributed by atoms with E-state index in [1.807, 2.05) is 61.5 Å². The van der Waals surface area contributed by atoms with Gasteiger partial charge in [-0.3, -0.25) is 0 Å². The molecule has 3 rings (SSSR count). The predicted octanol–water partition coefficient (Wildman–Crippen LogP) is 4.86. The normalized spacial score (nSPS) is 10.4. The van der Waals surface area contributed by atoms with E-state index in [0.717, 1.165) is 22.7 Å². The van der Waals surface area contributed by atoms with Crippen LogP contribution >= 0.6 is 11.6 Å². The molecule has 0 saturated carbocycles. The number of hydrogen-bond acceptors (Lipinski definition) is 4. The fourth-order valence-corrected chi connectivity index (χ4v) is 2.42. The van der Waals surface area contributed by atoms with Gasteiger partial charge in [-0.2, -0.15) is 0 Å². The average Bonchev–Trinajstić information content (AvgIpc) is 2.56. The summed E-state index contributed by atoms with van der Waals surface area (Å²) >= 11 is 6.18. The fraction of sp³-hybridized carbons (Fsp3) is 0.111. The third-order valence-electron chi connectivity index (χ3n) is 3.36. The maximum absolute atomic E-state index is 6.18. The van der Waals surface area contributed by atoms with Gasteiger partial charge in [0.1, 0.15) is 17.4 Å². The molecule has 0 aliphatic carbocycles. The van der Waals surface area contributed by atoms with Crippen molar-refractivity contribution in [2.45, 2.75) is 6.92 Å². The zero-order valence-electron chi connectivity index (χ0n) is 12.9. The number of aromatic nitrogens is 2. The maximum Gasteiger partial charge on any atom is 0.134 e. The molecule has 0 atom stereocenters. The van der Waals surface area contributed by atoms with E-state index in [1.165, 1.54) is 0 Å². The summed E-state index contributed by atoms with van der Waals surface area (Å²) in [6.07, 6.45) is 0. The molecule has 0 aliphatic heterocycles. The van der Waals surface area contributed by atoms with Gasteiger partial charge in [0.2, 0.25) is 0 Å². The van der Waals surface area contributed by atoms with Crippen LogP contribution in [0.25, 0.3) is 11.3 Å². The van der Waals surface area contributed by atoms with Crippen molar-refractivity contribution in [2.24, 2.45) is 0 Å². The first-order chi connectivity index (χ1) is 11.2. The molecule has 0 unspecified atom stereocenters. The standard InChI is InChI=1S/C18H16ClN3O/c1-12-20-17(13-7-9-14(23-2)10-8-13)11-18(21-12)22-16-6-4-3-5-15(16)19/h3-11H,1-2H3,(H,20,21,22). The van der Waals surface area contributed by atoms with Crippen molar-refractivity contribution >= 4 is 23.1 Å². The van der Waals surface area contributed by atoms with Crippen molar-refractivity contribution in [2.75, 3.05) is 12.4 Å². The first-order valence-electron chi connectivity index (χ1n) is 7.17. The molecule has 0 aliphatic rings. The van der Waals surface area contributed by atoms with Crippen molar-refractivity contribution in [1.82, 2.24) is 9.97 Å². The Morgan fingerprint density at radius 3 is 2.43 bits per heavy atom. The zero-order valence-corrected chi connectivity index (χ0v) is 13.6. The minimum atomic E-state index is 0.648. The summed E-state index contributed by atoms with van der Waals surface area (Å²) in [4.78, 5) is 8.92. The first-order valence-corrected chi connectivity index (χ1v) is 7.55. The molecule has 1 heterocycles. The van der Waals surface area contributed by atoms with Gasteiger partial charge in [-0.15, -0.1) is 0 Å². The molecule has 0 saturated heterocycles. The smallest absolute Gasteiger partial charge is 0.134 e. The first kappa shape index (κ1) is 15.3. The van der Waals surface area contributed by atoms with Crippen LogP contribution in [0.1, 0.15) is 5.82 Å². The van der Waals surface area contributed by atoms with Gasteiger partial charge in [-0.1, -0.05) is 23.7 Å². The van der Waals surface area contributed by atoms with E-state index in [9.17, 15) is 0 Å². The number of para-hydroxylation sites is 1. The Kier molecular flexibility index (Phi) is 4.44. The third-order valence-corrected chi connectivity index (χ3v) is 3.69. The van der Waals surface area contributed by atoms with Crippen LogP contribution in [0.2, 0.25) is 5.02 Å². The highest BCUT2D eigenvalue weighted by atomic mass is 35.5. The topological polar surface area (TPSA) is 47.0 Å². The number of ether oxygens (including phenoxy) is 1. The lowest BCUT2D eigenvalue weighted by Gasteiger charge is -2.10. The summed E-state index contributed by atoms with van der Waals surface area (Å²) < 4.78 is 5.18. The number of aryl methyl sites for hydroxylation is 1. The van der Waals surface area contributed by atoms with Gasteiger partial charge in [-0.25, -0.2) is 9.97 Å². The number of nitrogens with zero attached hydrogens (tertiary/aromatic N) is 2. The Hall–Kier alpha value is -2.59. The quantitative estimate of drug-likeness (QED) is 0.744. The molecule has 116 valence electrons. The molecule has 0 spiro atoms. The Morgan fingerprint density at radius 2 is 1.74 bits per heavy atom. The van der Waals surface area contributed by atoms with Gasteiger partial charge in [0, 0.05) is 11.6 Å². The summed E-state index contributed by atoms with van der Waals surface area (Å²) in [5.41, 5.74) is 2.65. The lowest BCUT2D eigenvalue weighted by atomic mass is 10.1. The predicted molar refractivity (Wildman–Crippen MR) is 93.5 cm³/mol. The second kappa shape index (κ2) is 6.67. The fourth-order valence-electron chi connectivity index (χ4n) is 2.24. The van der Waals surface area contributed by atoms with Crippen molar-refractivity contribution in [3.63, 3.8) is 0 Å². The second-order valence-electron chi connectivity index (χ2n) is 5.02. The lowest BCUT2D eigenvalue weighted by molar-refractivity contribution is 0.415. The minimum absolute atomic E-state index is 0.648. The molecule has 23 heavy (non-hydrogen) atoms. The van der Waals surface area contributed by atoms with Gasteiger partial charge < -0.3 is 10.1 Å². The Balaban J connectivity index is 1.94. The molecule has 0 fully saturated rings.